The smallest absolute Gasteiger partial charge is 0.329 e. The van der Waals surface area contributed by atoms with Gasteiger partial charge in [-0.2, -0.15) is 0 Å². The molecule has 338 valence electrons. The normalized spacial score (nSPS) is 24.0. The van der Waals surface area contributed by atoms with Crippen molar-refractivity contribution in [2.75, 3.05) is 56.6 Å². The fourth-order valence-electron chi connectivity index (χ4n) is 10.4. The number of nitrogens with one attached hydrogen (secondary N) is 3. The Hall–Kier alpha value is -5.71. The van der Waals surface area contributed by atoms with Crippen LogP contribution in [0.1, 0.15) is 81.7 Å². The zero-order valence-corrected chi connectivity index (χ0v) is 36.8. The minimum Gasteiger partial charge on any atom is -0.358 e. The van der Waals surface area contributed by atoms with Crippen LogP contribution in [0.25, 0.3) is 22.3 Å². The average molecular weight is 875 g/mol. The quantitative estimate of drug-likeness (QED) is 0.161. The van der Waals surface area contributed by atoms with Gasteiger partial charge in [0.15, 0.2) is 12.0 Å². The summed E-state index contributed by atoms with van der Waals surface area (Å²) in [5.41, 5.74) is 4.26. The number of fused-ring (bicyclic) bond motifs is 1. The zero-order chi connectivity index (χ0) is 44.3. The van der Waals surface area contributed by atoms with Crippen LogP contribution >= 0.6 is 0 Å². The molecule has 4 fully saturated rings. The molecule has 0 bridgehead atoms. The molecule has 6 heterocycles. The molecule has 4 aliphatic heterocycles. The third kappa shape index (κ3) is 9.54. The number of rotatable bonds is 12. The summed E-state index contributed by atoms with van der Waals surface area (Å²) >= 11 is 0. The number of anilines is 2. The van der Waals surface area contributed by atoms with E-state index in [4.69, 9.17) is 4.74 Å². The molecule has 5 aliphatic rings. The standard InChI is InChI=1S/C48H59FN10O5/c1-55-41-27-33(9-14-39(41)59(48(55)63)40-15-16-42(60)53-46(40)62)32-19-24-56(25-20-32)29-31-17-22-57(23-18-31)30-43(61)51-35-10-12-36(13-11-35)52-47-50-28-38(49)45(54-47)34-6-5-7-37(26-34)58-21-4-3-8-44(58)64-2/h3-9,14,21,26-28,31-32,35-36,40,44H,10-13,15-20,22-25,29-30H2,1-2H3,(H,51,61)(H,50,52,54)(H,53,60,62). The number of aromatic nitrogens is 4. The highest BCUT2D eigenvalue weighted by Gasteiger charge is 2.33. The molecule has 1 saturated carbocycles. The van der Waals surface area contributed by atoms with Crippen molar-refractivity contribution in [1.82, 2.24) is 39.5 Å². The SMILES string of the molecule is COC1C=CC=CN1c1cccc(-c2nc(NC3CCC(NC(=O)CN4CCC(CN5CCC(c6ccc7c(c6)n(C)c(=O)n7C6CCC(=O)NC6=O)CC5)CC4)CC3)ncc2F)c1. The van der Waals surface area contributed by atoms with Gasteiger partial charge in [0.05, 0.1) is 23.8 Å². The number of imide groups is 1. The van der Waals surface area contributed by atoms with Crippen molar-refractivity contribution in [1.29, 1.82) is 0 Å². The van der Waals surface area contributed by atoms with Crippen LogP contribution in [0, 0.1) is 11.7 Å². The second kappa shape index (κ2) is 19.2. The number of ether oxygens (including phenoxy) is 1. The molecule has 2 aromatic heterocycles. The van der Waals surface area contributed by atoms with Crippen molar-refractivity contribution in [3.63, 3.8) is 0 Å². The van der Waals surface area contributed by atoms with Crippen LogP contribution in [-0.4, -0.2) is 111 Å². The minimum absolute atomic E-state index is 0.0874. The Morgan fingerprint density at radius 3 is 2.42 bits per heavy atom. The first kappa shape index (κ1) is 43.5. The van der Waals surface area contributed by atoms with Gasteiger partial charge in [-0.15, -0.1) is 0 Å². The number of hydrogen-bond acceptors (Lipinski definition) is 11. The van der Waals surface area contributed by atoms with E-state index in [2.05, 4.69) is 47.9 Å². The number of imidazole rings is 1. The summed E-state index contributed by atoms with van der Waals surface area (Å²) in [5.74, 6) is 0.293. The first-order valence-corrected chi connectivity index (χ1v) is 22.9. The molecule has 3 N–H and O–H groups in total. The van der Waals surface area contributed by atoms with E-state index in [9.17, 15) is 19.2 Å². The molecule has 3 amide bonds. The summed E-state index contributed by atoms with van der Waals surface area (Å²) in [7, 11) is 3.40. The Bertz CT molecular complexity index is 2480. The van der Waals surface area contributed by atoms with Gasteiger partial charge < -0.3 is 25.2 Å². The molecule has 2 aromatic carbocycles. The number of halogens is 1. The fourth-order valence-corrected chi connectivity index (χ4v) is 10.4. The predicted molar refractivity (Wildman–Crippen MR) is 243 cm³/mol. The van der Waals surface area contributed by atoms with Gasteiger partial charge >= 0.3 is 5.69 Å². The monoisotopic (exact) mass is 874 g/mol. The summed E-state index contributed by atoms with van der Waals surface area (Å²) in [6.45, 7) is 5.40. The number of benzene rings is 2. The molecule has 9 rings (SSSR count). The van der Waals surface area contributed by atoms with Crippen LogP contribution < -0.4 is 26.5 Å². The number of carbonyl (C=O) groups excluding carboxylic acids is 3. The molecule has 3 saturated heterocycles. The van der Waals surface area contributed by atoms with E-state index in [1.54, 1.807) is 23.3 Å². The highest BCUT2D eigenvalue weighted by atomic mass is 19.1. The zero-order valence-electron chi connectivity index (χ0n) is 36.8. The van der Waals surface area contributed by atoms with Crippen LogP contribution in [0.2, 0.25) is 0 Å². The Morgan fingerprint density at radius 1 is 0.891 bits per heavy atom. The van der Waals surface area contributed by atoms with Crippen molar-refractivity contribution < 1.29 is 23.5 Å². The van der Waals surface area contributed by atoms with Gasteiger partial charge in [0.1, 0.15) is 11.7 Å². The molecule has 2 atom stereocenters. The third-order valence-corrected chi connectivity index (χ3v) is 14.0. The first-order valence-electron chi connectivity index (χ1n) is 22.9. The van der Waals surface area contributed by atoms with Gasteiger partial charge in [-0.3, -0.25) is 33.7 Å². The summed E-state index contributed by atoms with van der Waals surface area (Å²) in [6.07, 6.45) is 16.9. The highest BCUT2D eigenvalue weighted by molar-refractivity contribution is 6.00. The van der Waals surface area contributed by atoms with Crippen LogP contribution in [0.3, 0.4) is 0 Å². The number of carbonyl (C=O) groups is 3. The van der Waals surface area contributed by atoms with E-state index >= 15 is 4.39 Å². The van der Waals surface area contributed by atoms with E-state index < -0.39 is 17.8 Å². The maximum absolute atomic E-state index is 15.1. The number of methoxy groups -OCH3 is 1. The molecule has 64 heavy (non-hydrogen) atoms. The number of aryl methyl sites for hydroxylation is 1. The van der Waals surface area contributed by atoms with Crippen molar-refractivity contribution in [2.24, 2.45) is 13.0 Å². The number of nitrogens with zero attached hydrogens (tertiary/aromatic N) is 7. The van der Waals surface area contributed by atoms with E-state index in [-0.39, 0.29) is 47.9 Å². The van der Waals surface area contributed by atoms with Gasteiger partial charge in [0.25, 0.3) is 0 Å². The predicted octanol–water partition coefficient (Wildman–Crippen LogP) is 5.21. The van der Waals surface area contributed by atoms with Gasteiger partial charge in [0, 0.05) is 56.7 Å². The van der Waals surface area contributed by atoms with E-state index in [0.717, 1.165) is 101 Å². The molecule has 15 nitrogen and oxygen atoms in total. The third-order valence-electron chi connectivity index (χ3n) is 14.0. The molecule has 0 spiro atoms. The van der Waals surface area contributed by atoms with Gasteiger partial charge in [-0.1, -0.05) is 24.3 Å². The van der Waals surface area contributed by atoms with Crippen molar-refractivity contribution in [3.8, 4) is 11.3 Å². The van der Waals surface area contributed by atoms with Crippen molar-refractivity contribution in [3.05, 3.63) is 95.0 Å². The van der Waals surface area contributed by atoms with Crippen molar-refractivity contribution in [2.45, 2.75) is 94.5 Å². The Balaban J connectivity index is 0.689. The number of likely N-dealkylation sites (tertiary alicyclic amines) is 2. The molecule has 2 unspecified atom stereocenters. The lowest BCUT2D eigenvalue weighted by Crippen LogP contribution is -2.47. The van der Waals surface area contributed by atoms with E-state index in [1.165, 1.54) is 11.8 Å². The molecule has 16 heteroatoms. The average Bonchev–Trinajstić information content (AvgIpc) is 3.56. The Morgan fingerprint density at radius 2 is 1.66 bits per heavy atom. The summed E-state index contributed by atoms with van der Waals surface area (Å²) in [6, 6.07) is 13.3. The van der Waals surface area contributed by atoms with Crippen LogP contribution in [-0.2, 0) is 26.2 Å². The molecular formula is C48H59FN10O5. The van der Waals surface area contributed by atoms with E-state index in [0.29, 0.717) is 36.3 Å². The van der Waals surface area contributed by atoms with Gasteiger partial charge in [-0.25, -0.2) is 19.2 Å². The fraction of sp³-hybridized carbons (Fsp3) is 0.500. The molecule has 1 aliphatic carbocycles. The summed E-state index contributed by atoms with van der Waals surface area (Å²) < 4.78 is 23.8. The first-order chi connectivity index (χ1) is 31.1. The minimum atomic E-state index is -0.682. The lowest BCUT2D eigenvalue weighted by atomic mass is 9.88. The topological polar surface area (TPSA) is 159 Å². The van der Waals surface area contributed by atoms with E-state index in [1.807, 2.05) is 59.7 Å². The lowest BCUT2D eigenvalue weighted by molar-refractivity contribution is -0.135. The summed E-state index contributed by atoms with van der Waals surface area (Å²) in [4.78, 5) is 66.5. The van der Waals surface area contributed by atoms with Gasteiger partial charge in [-0.05, 0) is 138 Å². The largest absolute Gasteiger partial charge is 0.358 e. The summed E-state index contributed by atoms with van der Waals surface area (Å²) in [5, 5.41) is 9.10. The number of amides is 3. The van der Waals surface area contributed by atoms with Gasteiger partial charge in [0.2, 0.25) is 23.7 Å². The number of piperidine rings is 3. The Labute approximate surface area is 372 Å². The van der Waals surface area contributed by atoms with Crippen molar-refractivity contribution >= 4 is 40.4 Å². The second-order valence-electron chi connectivity index (χ2n) is 18.2. The second-order valence-corrected chi connectivity index (χ2v) is 18.2. The molecule has 4 aromatic rings. The van der Waals surface area contributed by atoms with Crippen LogP contribution in [0.15, 0.2) is 77.9 Å². The molecular weight excluding hydrogens is 816 g/mol. The molecule has 0 radical (unpaired) electrons. The highest BCUT2D eigenvalue weighted by Crippen LogP contribution is 2.33. The number of allylic oxidation sites excluding steroid dienone is 2. The maximum Gasteiger partial charge on any atom is 0.329 e. The Kier molecular flexibility index (Phi) is 13.0. The van der Waals surface area contributed by atoms with Crippen LogP contribution in [0.5, 0.6) is 0 Å². The lowest BCUT2D eigenvalue weighted by Gasteiger charge is -2.38. The maximum atomic E-state index is 15.1. The number of hydrogen-bond donors (Lipinski definition) is 3. The van der Waals surface area contributed by atoms with Crippen LogP contribution in [0.4, 0.5) is 16.0 Å².